The Bertz CT molecular complexity index is 1300. The van der Waals surface area contributed by atoms with Crippen LogP contribution < -0.4 is 16.4 Å². The number of amides is 2. The largest absolute Gasteiger partial charge is 0.416 e. The molecule has 1 heterocycles. The first kappa shape index (κ1) is 21.2. The van der Waals surface area contributed by atoms with Crippen LogP contribution in [0.25, 0.3) is 22.0 Å². The van der Waals surface area contributed by atoms with Gasteiger partial charge in [-0.1, -0.05) is 31.2 Å². The third kappa shape index (κ3) is 4.22. The second-order valence-corrected chi connectivity index (χ2v) is 7.22. The molecule has 4 rings (SSSR count). The fourth-order valence-electron chi connectivity index (χ4n) is 3.57. The molecule has 0 bridgehead atoms. The number of aromatic amines is 1. The Kier molecular flexibility index (Phi) is 5.48. The van der Waals surface area contributed by atoms with Crippen LogP contribution in [0.15, 0.2) is 60.7 Å². The number of carbonyl (C=O) groups excluding carboxylic acids is 1. The number of rotatable bonds is 4. The molecule has 3 aromatic carbocycles. The van der Waals surface area contributed by atoms with Crippen molar-refractivity contribution in [1.82, 2.24) is 10.2 Å². The molecule has 0 unspecified atom stereocenters. The molecular formula is C23H20F3N5O. The normalized spacial score (nSPS) is 11.5. The van der Waals surface area contributed by atoms with Gasteiger partial charge in [-0.3, -0.25) is 5.10 Å². The van der Waals surface area contributed by atoms with Crippen LogP contribution in [0.1, 0.15) is 18.1 Å². The first-order chi connectivity index (χ1) is 15.3. The topological polar surface area (TPSA) is 95.8 Å². The Morgan fingerprint density at radius 2 is 1.84 bits per heavy atom. The average molecular weight is 439 g/mol. The zero-order valence-corrected chi connectivity index (χ0v) is 17.0. The lowest BCUT2D eigenvalue weighted by Crippen LogP contribution is -2.20. The van der Waals surface area contributed by atoms with Crippen LogP contribution in [0.3, 0.4) is 0 Å². The maximum atomic E-state index is 12.9. The maximum absolute atomic E-state index is 12.9. The summed E-state index contributed by atoms with van der Waals surface area (Å²) in [6.45, 7) is 1.95. The van der Waals surface area contributed by atoms with Gasteiger partial charge in [0.05, 0.1) is 16.5 Å². The number of hydrogen-bond acceptors (Lipinski definition) is 3. The van der Waals surface area contributed by atoms with Crippen molar-refractivity contribution in [3.05, 3.63) is 71.8 Å². The molecule has 164 valence electrons. The van der Waals surface area contributed by atoms with Crippen LogP contribution in [-0.4, -0.2) is 16.2 Å². The summed E-state index contributed by atoms with van der Waals surface area (Å²) in [6, 6.07) is 15.1. The number of nitrogens with two attached hydrogens (primary N) is 1. The number of fused-ring (bicyclic) bond motifs is 1. The number of hydrogen-bond donors (Lipinski definition) is 4. The van der Waals surface area contributed by atoms with E-state index in [9.17, 15) is 18.0 Å². The highest BCUT2D eigenvalue weighted by atomic mass is 19.4. The van der Waals surface area contributed by atoms with Crippen LogP contribution in [0, 0.1) is 0 Å². The third-order valence-corrected chi connectivity index (χ3v) is 5.11. The van der Waals surface area contributed by atoms with Gasteiger partial charge in [0.1, 0.15) is 0 Å². The fraction of sp³-hybridized carbons (Fsp3) is 0.130. The molecule has 0 saturated carbocycles. The zero-order valence-electron chi connectivity index (χ0n) is 17.0. The van der Waals surface area contributed by atoms with Crippen LogP contribution in [-0.2, 0) is 12.6 Å². The summed E-state index contributed by atoms with van der Waals surface area (Å²) in [5.74, 6) is 0.399. The molecule has 2 amide bonds. The number of nitrogens with one attached hydrogen (secondary N) is 3. The van der Waals surface area contributed by atoms with E-state index < -0.39 is 17.8 Å². The van der Waals surface area contributed by atoms with Crippen molar-refractivity contribution in [2.24, 2.45) is 0 Å². The van der Waals surface area contributed by atoms with Crippen LogP contribution in [0.2, 0.25) is 0 Å². The number of halogens is 3. The second kappa shape index (κ2) is 8.26. The van der Waals surface area contributed by atoms with Gasteiger partial charge in [-0.05, 0) is 59.5 Å². The highest BCUT2D eigenvalue weighted by molar-refractivity contribution is 6.03. The molecule has 1 aromatic heterocycles. The molecule has 9 heteroatoms. The number of anilines is 3. The van der Waals surface area contributed by atoms with E-state index in [4.69, 9.17) is 5.73 Å². The minimum absolute atomic E-state index is 0.0501. The predicted molar refractivity (Wildman–Crippen MR) is 119 cm³/mol. The summed E-state index contributed by atoms with van der Waals surface area (Å²) >= 11 is 0. The number of benzene rings is 3. The minimum Gasteiger partial charge on any atom is -0.382 e. The minimum atomic E-state index is -4.49. The number of urea groups is 1. The molecule has 4 aromatic rings. The van der Waals surface area contributed by atoms with Crippen molar-refractivity contribution in [3.63, 3.8) is 0 Å². The Morgan fingerprint density at radius 3 is 2.59 bits per heavy atom. The number of aromatic nitrogens is 2. The Morgan fingerprint density at radius 1 is 1.06 bits per heavy atom. The van der Waals surface area contributed by atoms with E-state index in [2.05, 4.69) is 20.8 Å². The molecule has 32 heavy (non-hydrogen) atoms. The molecule has 0 fully saturated rings. The molecular weight excluding hydrogens is 419 g/mol. The Hall–Kier alpha value is -4.01. The lowest BCUT2D eigenvalue weighted by atomic mass is 9.97. The standard InChI is InChI=1S/C23H20F3N5O/c1-2-13-11-14(17-7-4-8-19-20(17)21(27)31-30-19)9-10-18(13)29-22(32)28-16-6-3-5-15(12-16)23(24,25)26/h3-12H,2H2,1H3,(H3,27,30,31)(H2,28,29,32). The molecule has 0 saturated heterocycles. The van der Waals surface area contributed by atoms with Crippen molar-refractivity contribution in [2.75, 3.05) is 16.4 Å². The number of nitrogen functional groups attached to an aromatic ring is 1. The van der Waals surface area contributed by atoms with Gasteiger partial charge >= 0.3 is 12.2 Å². The van der Waals surface area contributed by atoms with E-state index in [0.29, 0.717) is 17.9 Å². The number of aryl methyl sites for hydroxylation is 1. The van der Waals surface area contributed by atoms with Crippen LogP contribution in [0.5, 0.6) is 0 Å². The molecule has 0 aliphatic carbocycles. The van der Waals surface area contributed by atoms with E-state index in [1.807, 2.05) is 37.3 Å². The molecule has 5 N–H and O–H groups in total. The quantitative estimate of drug-likeness (QED) is 0.312. The molecule has 6 nitrogen and oxygen atoms in total. The zero-order chi connectivity index (χ0) is 22.9. The first-order valence-corrected chi connectivity index (χ1v) is 9.87. The highest BCUT2D eigenvalue weighted by Crippen LogP contribution is 2.34. The predicted octanol–water partition coefficient (Wildman–Crippen LogP) is 6.04. The van der Waals surface area contributed by atoms with Crippen molar-refractivity contribution in [3.8, 4) is 11.1 Å². The van der Waals surface area contributed by atoms with Gasteiger partial charge in [-0.15, -0.1) is 0 Å². The van der Waals surface area contributed by atoms with E-state index in [0.717, 1.165) is 39.7 Å². The van der Waals surface area contributed by atoms with Crippen molar-refractivity contribution < 1.29 is 18.0 Å². The van der Waals surface area contributed by atoms with E-state index in [1.54, 1.807) is 6.07 Å². The summed E-state index contributed by atoms with van der Waals surface area (Å²) in [7, 11) is 0. The van der Waals surface area contributed by atoms with Gasteiger partial charge in [0.2, 0.25) is 0 Å². The summed E-state index contributed by atoms with van der Waals surface area (Å²) in [5, 5.41) is 12.9. The Balaban J connectivity index is 1.57. The van der Waals surface area contributed by atoms with Crippen molar-refractivity contribution in [2.45, 2.75) is 19.5 Å². The van der Waals surface area contributed by atoms with Gasteiger partial charge in [0.15, 0.2) is 5.82 Å². The van der Waals surface area contributed by atoms with E-state index in [-0.39, 0.29) is 5.69 Å². The SMILES string of the molecule is CCc1cc(-c2cccc3[nH]nc(N)c23)ccc1NC(=O)Nc1cccc(C(F)(F)F)c1. The van der Waals surface area contributed by atoms with Crippen LogP contribution in [0.4, 0.5) is 35.2 Å². The van der Waals surface area contributed by atoms with Gasteiger partial charge in [-0.25, -0.2) is 4.79 Å². The number of carbonyl (C=O) groups is 1. The molecule has 0 atom stereocenters. The van der Waals surface area contributed by atoms with Crippen molar-refractivity contribution in [1.29, 1.82) is 0 Å². The second-order valence-electron chi connectivity index (χ2n) is 7.22. The fourth-order valence-corrected chi connectivity index (χ4v) is 3.57. The number of nitrogens with zero attached hydrogens (tertiary/aromatic N) is 1. The smallest absolute Gasteiger partial charge is 0.382 e. The monoisotopic (exact) mass is 439 g/mol. The number of H-pyrrole nitrogens is 1. The van der Waals surface area contributed by atoms with Crippen molar-refractivity contribution >= 4 is 34.1 Å². The van der Waals surface area contributed by atoms with Gasteiger partial charge < -0.3 is 16.4 Å². The van der Waals surface area contributed by atoms with Gasteiger partial charge in [0.25, 0.3) is 0 Å². The van der Waals surface area contributed by atoms with Gasteiger partial charge in [-0.2, -0.15) is 18.3 Å². The maximum Gasteiger partial charge on any atom is 0.416 e. The Labute approximate surface area is 181 Å². The molecule has 0 spiro atoms. The summed E-state index contributed by atoms with van der Waals surface area (Å²) in [4.78, 5) is 12.4. The molecule has 0 aliphatic rings. The summed E-state index contributed by atoms with van der Waals surface area (Å²) < 4.78 is 38.7. The van der Waals surface area contributed by atoms with E-state index >= 15 is 0 Å². The lowest BCUT2D eigenvalue weighted by Gasteiger charge is -2.14. The van der Waals surface area contributed by atoms with E-state index in [1.165, 1.54) is 12.1 Å². The highest BCUT2D eigenvalue weighted by Gasteiger charge is 2.30. The number of alkyl halides is 3. The van der Waals surface area contributed by atoms with Crippen LogP contribution >= 0.6 is 0 Å². The third-order valence-electron chi connectivity index (χ3n) is 5.11. The molecule has 0 aliphatic heterocycles. The first-order valence-electron chi connectivity index (χ1n) is 9.87. The lowest BCUT2D eigenvalue weighted by molar-refractivity contribution is -0.137. The molecule has 0 radical (unpaired) electrons. The summed E-state index contributed by atoms with van der Waals surface area (Å²) in [6.07, 6.45) is -3.86. The average Bonchev–Trinajstić information content (AvgIpc) is 3.14. The summed E-state index contributed by atoms with van der Waals surface area (Å²) in [5.41, 5.74) is 9.29. The van der Waals surface area contributed by atoms with Gasteiger partial charge in [0, 0.05) is 11.4 Å².